The number of aliphatic carboxylic acids is 1. The fourth-order valence-corrected chi connectivity index (χ4v) is 5.18. The smallest absolute Gasteiger partial charge is 0.327 e. The van der Waals surface area contributed by atoms with Crippen LogP contribution >= 0.6 is 0 Å². The van der Waals surface area contributed by atoms with E-state index in [1.54, 1.807) is 6.08 Å². The number of benzene rings is 2. The number of unbranched alkanes of at least 4 members (excludes halogenated alkanes) is 1. The summed E-state index contributed by atoms with van der Waals surface area (Å²) in [6, 6.07) is 19.5. The van der Waals surface area contributed by atoms with E-state index in [9.17, 15) is 4.79 Å². The summed E-state index contributed by atoms with van der Waals surface area (Å²) in [4.78, 5) is 13.2. The van der Waals surface area contributed by atoms with Gasteiger partial charge in [-0.05, 0) is 68.3 Å². The zero-order chi connectivity index (χ0) is 23.6. The van der Waals surface area contributed by atoms with Crippen molar-refractivity contribution in [3.05, 3.63) is 72.3 Å². The van der Waals surface area contributed by atoms with Gasteiger partial charge in [-0.3, -0.25) is 4.90 Å². The van der Waals surface area contributed by atoms with Crippen LogP contribution in [0.15, 0.2) is 66.7 Å². The summed E-state index contributed by atoms with van der Waals surface area (Å²) >= 11 is 0. The molecule has 1 aliphatic carbocycles. The SMILES string of the molecule is O=C(O)C=CCCCOC1C(OCc2ccc(-c3ccccc3)cc2)CCC1N1CCCCC1. The van der Waals surface area contributed by atoms with Gasteiger partial charge in [0.1, 0.15) is 0 Å². The average molecular weight is 464 g/mol. The molecule has 2 fully saturated rings. The number of likely N-dealkylation sites (tertiary alicyclic amines) is 1. The molecule has 0 spiro atoms. The minimum atomic E-state index is -0.896. The Balaban J connectivity index is 1.33. The Hall–Kier alpha value is -2.47. The van der Waals surface area contributed by atoms with Crippen LogP contribution in [0.4, 0.5) is 0 Å². The van der Waals surface area contributed by atoms with Gasteiger partial charge in [-0.1, -0.05) is 67.1 Å². The highest BCUT2D eigenvalue weighted by atomic mass is 16.5. The number of hydrogen-bond acceptors (Lipinski definition) is 4. The molecule has 1 saturated heterocycles. The van der Waals surface area contributed by atoms with Crippen molar-refractivity contribution in [3.63, 3.8) is 0 Å². The maximum absolute atomic E-state index is 10.6. The zero-order valence-corrected chi connectivity index (χ0v) is 20.0. The Labute approximate surface area is 203 Å². The first-order valence-corrected chi connectivity index (χ1v) is 12.7. The first kappa shape index (κ1) is 24.6. The second-order valence-corrected chi connectivity index (χ2v) is 9.37. The van der Waals surface area contributed by atoms with Crippen LogP contribution in [0.25, 0.3) is 11.1 Å². The zero-order valence-electron chi connectivity index (χ0n) is 20.0. The van der Waals surface area contributed by atoms with Crippen LogP contribution in [0, 0.1) is 0 Å². The molecule has 34 heavy (non-hydrogen) atoms. The second kappa shape index (κ2) is 12.8. The van der Waals surface area contributed by atoms with E-state index < -0.39 is 5.97 Å². The summed E-state index contributed by atoms with van der Waals surface area (Å²) in [5.41, 5.74) is 3.62. The molecule has 0 bridgehead atoms. The van der Waals surface area contributed by atoms with E-state index in [-0.39, 0.29) is 12.2 Å². The fourth-order valence-electron chi connectivity index (χ4n) is 5.18. The van der Waals surface area contributed by atoms with Crippen molar-refractivity contribution in [2.75, 3.05) is 19.7 Å². The van der Waals surface area contributed by atoms with Crippen molar-refractivity contribution in [1.29, 1.82) is 0 Å². The van der Waals surface area contributed by atoms with Gasteiger partial charge in [-0.25, -0.2) is 4.79 Å². The number of allylic oxidation sites excluding steroid dienone is 1. The lowest BCUT2D eigenvalue weighted by molar-refractivity contribution is -0.131. The molecule has 2 aromatic carbocycles. The van der Waals surface area contributed by atoms with Crippen molar-refractivity contribution in [3.8, 4) is 11.1 Å². The summed E-state index contributed by atoms with van der Waals surface area (Å²) < 4.78 is 12.8. The molecule has 182 valence electrons. The molecular weight excluding hydrogens is 426 g/mol. The molecule has 4 rings (SSSR count). The highest BCUT2D eigenvalue weighted by Crippen LogP contribution is 2.32. The van der Waals surface area contributed by atoms with Crippen molar-refractivity contribution in [2.24, 2.45) is 0 Å². The van der Waals surface area contributed by atoms with E-state index in [0.717, 1.165) is 32.4 Å². The summed E-state index contributed by atoms with van der Waals surface area (Å²) in [7, 11) is 0. The predicted molar refractivity (Wildman–Crippen MR) is 135 cm³/mol. The first-order chi connectivity index (χ1) is 16.7. The standard InChI is InChI=1S/C29H37NO4/c31-28(32)12-6-2-9-21-33-29-26(30-19-7-3-8-20-30)17-18-27(29)34-22-23-13-15-25(16-14-23)24-10-4-1-5-11-24/h1,4-6,10-16,26-27,29H,2-3,7-9,17-22H2,(H,31,32). The molecule has 1 N–H and O–H groups in total. The molecular formula is C29H37NO4. The van der Waals surface area contributed by atoms with Crippen LogP contribution < -0.4 is 0 Å². The molecule has 1 saturated carbocycles. The number of hydrogen-bond donors (Lipinski definition) is 1. The van der Waals surface area contributed by atoms with Gasteiger partial charge >= 0.3 is 5.97 Å². The van der Waals surface area contributed by atoms with Gasteiger partial charge in [0.05, 0.1) is 18.8 Å². The van der Waals surface area contributed by atoms with E-state index in [1.807, 2.05) is 6.07 Å². The van der Waals surface area contributed by atoms with Gasteiger partial charge in [0.2, 0.25) is 0 Å². The summed E-state index contributed by atoms with van der Waals surface area (Å²) in [5.74, 6) is -0.896. The molecule has 5 heteroatoms. The van der Waals surface area contributed by atoms with Crippen molar-refractivity contribution in [1.82, 2.24) is 4.90 Å². The van der Waals surface area contributed by atoms with Crippen molar-refractivity contribution >= 4 is 5.97 Å². The van der Waals surface area contributed by atoms with Gasteiger partial charge < -0.3 is 14.6 Å². The third-order valence-electron chi connectivity index (χ3n) is 6.96. The Bertz CT molecular complexity index is 905. The van der Waals surface area contributed by atoms with Crippen LogP contribution in [0.3, 0.4) is 0 Å². The van der Waals surface area contributed by atoms with Crippen LogP contribution in [0.2, 0.25) is 0 Å². The molecule has 0 radical (unpaired) electrons. The van der Waals surface area contributed by atoms with E-state index in [4.69, 9.17) is 14.6 Å². The van der Waals surface area contributed by atoms with E-state index in [0.29, 0.717) is 25.7 Å². The van der Waals surface area contributed by atoms with Gasteiger partial charge in [0.25, 0.3) is 0 Å². The van der Waals surface area contributed by atoms with Gasteiger partial charge in [0.15, 0.2) is 0 Å². The van der Waals surface area contributed by atoms with Crippen LogP contribution in [0.1, 0.15) is 50.5 Å². The minimum Gasteiger partial charge on any atom is -0.478 e. The number of carbonyl (C=O) groups is 1. The quantitative estimate of drug-likeness (QED) is 0.342. The van der Waals surface area contributed by atoms with E-state index >= 15 is 0 Å². The molecule has 0 aromatic heterocycles. The third-order valence-corrected chi connectivity index (χ3v) is 6.96. The maximum atomic E-state index is 10.6. The van der Waals surface area contributed by atoms with Crippen LogP contribution in [-0.4, -0.2) is 53.9 Å². The number of ether oxygens (including phenoxy) is 2. The fraction of sp³-hybridized carbons (Fsp3) is 0.483. The number of rotatable bonds is 11. The summed E-state index contributed by atoms with van der Waals surface area (Å²) in [6.07, 6.45) is 10.6. The second-order valence-electron chi connectivity index (χ2n) is 9.37. The van der Waals surface area contributed by atoms with Gasteiger partial charge in [-0.15, -0.1) is 0 Å². The molecule has 5 nitrogen and oxygen atoms in total. The third kappa shape index (κ3) is 7.02. The van der Waals surface area contributed by atoms with Gasteiger partial charge in [0, 0.05) is 18.7 Å². The Morgan fingerprint density at radius 1 is 0.941 bits per heavy atom. The monoisotopic (exact) mass is 463 g/mol. The predicted octanol–water partition coefficient (Wildman–Crippen LogP) is 5.69. The van der Waals surface area contributed by atoms with Crippen molar-refractivity contribution in [2.45, 2.75) is 69.8 Å². The molecule has 3 atom stereocenters. The largest absolute Gasteiger partial charge is 0.478 e. The van der Waals surface area contributed by atoms with Crippen LogP contribution in [0.5, 0.6) is 0 Å². The Morgan fingerprint density at radius 3 is 2.41 bits per heavy atom. The minimum absolute atomic E-state index is 0.0742. The first-order valence-electron chi connectivity index (χ1n) is 12.7. The summed E-state index contributed by atoms with van der Waals surface area (Å²) in [6.45, 7) is 3.53. The number of carboxylic acids is 1. The Morgan fingerprint density at radius 2 is 1.68 bits per heavy atom. The van der Waals surface area contributed by atoms with E-state index in [2.05, 4.69) is 53.4 Å². The Kier molecular flexibility index (Phi) is 9.31. The molecule has 2 aromatic rings. The maximum Gasteiger partial charge on any atom is 0.327 e. The summed E-state index contributed by atoms with van der Waals surface area (Å²) in [5, 5.41) is 8.74. The lowest BCUT2D eigenvalue weighted by Crippen LogP contribution is -2.47. The molecule has 3 unspecified atom stereocenters. The van der Waals surface area contributed by atoms with E-state index in [1.165, 1.54) is 42.0 Å². The van der Waals surface area contributed by atoms with Crippen LogP contribution in [-0.2, 0) is 20.9 Å². The number of nitrogens with zero attached hydrogens (tertiary/aromatic N) is 1. The number of carboxylic acid groups (broad SMARTS) is 1. The molecule has 1 heterocycles. The van der Waals surface area contributed by atoms with Crippen molar-refractivity contribution < 1.29 is 19.4 Å². The lowest BCUT2D eigenvalue weighted by Gasteiger charge is -2.36. The number of piperidine rings is 1. The molecule has 1 aliphatic heterocycles. The normalized spacial score (nSPS) is 23.5. The highest BCUT2D eigenvalue weighted by molar-refractivity contribution is 5.79. The average Bonchev–Trinajstić information content (AvgIpc) is 3.28. The molecule has 0 amide bonds. The van der Waals surface area contributed by atoms with Gasteiger partial charge in [-0.2, -0.15) is 0 Å². The topological polar surface area (TPSA) is 59.0 Å². The molecule has 2 aliphatic rings. The highest BCUT2D eigenvalue weighted by Gasteiger charge is 2.41. The lowest BCUT2D eigenvalue weighted by atomic mass is 10.0.